The van der Waals surface area contributed by atoms with Crippen LogP contribution in [0.5, 0.6) is 5.75 Å². The standard InChI is InChI=1S/C23H28ClFN2O2/c1-29-21-7-6-19(22(25)14-21)16-27-11-9-17(10-12-27)5-8-23(28)26-15-18-3-2-4-20(24)13-18/h2-4,6-7,13-14,17H,5,8-12,15-16H2,1H3,(H,26,28). The third-order valence-corrected chi connectivity index (χ3v) is 5.75. The molecule has 1 saturated heterocycles. The van der Waals surface area contributed by atoms with E-state index in [1.807, 2.05) is 24.3 Å². The zero-order chi connectivity index (χ0) is 20.6. The van der Waals surface area contributed by atoms with Gasteiger partial charge in [0, 0.05) is 36.2 Å². The van der Waals surface area contributed by atoms with Crippen LogP contribution in [0.2, 0.25) is 5.02 Å². The van der Waals surface area contributed by atoms with Crippen LogP contribution in [0.3, 0.4) is 0 Å². The van der Waals surface area contributed by atoms with E-state index >= 15 is 0 Å². The number of carbonyl (C=O) groups excluding carboxylic acids is 1. The van der Waals surface area contributed by atoms with Crippen molar-refractivity contribution in [2.45, 2.75) is 38.8 Å². The molecule has 0 atom stereocenters. The van der Waals surface area contributed by atoms with Crippen LogP contribution in [-0.2, 0) is 17.9 Å². The number of ether oxygens (including phenoxy) is 1. The van der Waals surface area contributed by atoms with Gasteiger partial charge in [-0.25, -0.2) is 4.39 Å². The van der Waals surface area contributed by atoms with Gasteiger partial charge < -0.3 is 10.1 Å². The second-order valence-electron chi connectivity index (χ2n) is 7.62. The molecule has 0 radical (unpaired) electrons. The van der Waals surface area contributed by atoms with Gasteiger partial charge in [-0.15, -0.1) is 0 Å². The van der Waals surface area contributed by atoms with Gasteiger partial charge in [-0.3, -0.25) is 9.69 Å². The van der Waals surface area contributed by atoms with Crippen LogP contribution in [-0.4, -0.2) is 31.0 Å². The number of nitrogens with one attached hydrogen (secondary N) is 1. The minimum absolute atomic E-state index is 0.0766. The molecule has 4 nitrogen and oxygen atoms in total. The second-order valence-corrected chi connectivity index (χ2v) is 8.06. The SMILES string of the molecule is COc1ccc(CN2CCC(CCC(=O)NCc3cccc(Cl)c3)CC2)c(F)c1. The highest BCUT2D eigenvalue weighted by atomic mass is 35.5. The van der Waals surface area contributed by atoms with Gasteiger partial charge in [0.05, 0.1) is 7.11 Å². The first-order chi connectivity index (χ1) is 14.0. The summed E-state index contributed by atoms with van der Waals surface area (Å²) in [4.78, 5) is 14.4. The molecule has 1 aliphatic rings. The van der Waals surface area contributed by atoms with Crippen LogP contribution >= 0.6 is 11.6 Å². The van der Waals surface area contributed by atoms with Gasteiger partial charge in [0.25, 0.3) is 0 Å². The highest BCUT2D eigenvalue weighted by molar-refractivity contribution is 6.30. The molecule has 1 aliphatic heterocycles. The monoisotopic (exact) mass is 418 g/mol. The van der Waals surface area contributed by atoms with E-state index in [1.165, 1.54) is 13.2 Å². The zero-order valence-electron chi connectivity index (χ0n) is 16.8. The summed E-state index contributed by atoms with van der Waals surface area (Å²) < 4.78 is 19.2. The summed E-state index contributed by atoms with van der Waals surface area (Å²) in [5.41, 5.74) is 1.70. The first kappa shape index (κ1) is 21.6. The fourth-order valence-electron chi connectivity index (χ4n) is 3.73. The predicted octanol–water partition coefficient (Wildman–Crippen LogP) is 4.80. The highest BCUT2D eigenvalue weighted by Crippen LogP contribution is 2.24. The van der Waals surface area contributed by atoms with Crippen molar-refractivity contribution < 1.29 is 13.9 Å². The number of benzene rings is 2. The molecular formula is C23H28ClFN2O2. The average molecular weight is 419 g/mol. The minimum atomic E-state index is -0.220. The fraction of sp³-hybridized carbons (Fsp3) is 0.435. The molecule has 1 heterocycles. The average Bonchev–Trinajstić information content (AvgIpc) is 2.73. The number of hydrogen-bond acceptors (Lipinski definition) is 3. The van der Waals surface area contributed by atoms with Crippen LogP contribution < -0.4 is 10.1 Å². The Kier molecular flexibility index (Phi) is 7.90. The van der Waals surface area contributed by atoms with Crippen molar-refractivity contribution in [3.63, 3.8) is 0 Å². The number of rotatable bonds is 8. The van der Waals surface area contributed by atoms with Crippen molar-refractivity contribution in [3.8, 4) is 5.75 Å². The first-order valence-electron chi connectivity index (χ1n) is 10.1. The summed E-state index contributed by atoms with van der Waals surface area (Å²) in [6, 6.07) is 12.6. The van der Waals surface area contributed by atoms with Crippen LogP contribution in [0.25, 0.3) is 0 Å². The Morgan fingerprint density at radius 2 is 2.03 bits per heavy atom. The van der Waals surface area contributed by atoms with Crippen molar-refractivity contribution in [2.24, 2.45) is 5.92 Å². The number of carbonyl (C=O) groups is 1. The predicted molar refractivity (Wildman–Crippen MR) is 113 cm³/mol. The lowest BCUT2D eigenvalue weighted by atomic mass is 9.92. The molecule has 3 rings (SSSR count). The molecule has 0 saturated carbocycles. The van der Waals surface area contributed by atoms with Gasteiger partial charge in [0.1, 0.15) is 11.6 Å². The lowest BCUT2D eigenvalue weighted by molar-refractivity contribution is -0.121. The summed E-state index contributed by atoms with van der Waals surface area (Å²) in [5, 5.41) is 3.64. The highest BCUT2D eigenvalue weighted by Gasteiger charge is 2.21. The Morgan fingerprint density at radius 1 is 1.24 bits per heavy atom. The quantitative estimate of drug-likeness (QED) is 0.669. The van der Waals surface area contributed by atoms with Crippen LogP contribution in [0.1, 0.15) is 36.8 Å². The molecule has 156 valence electrons. The molecule has 29 heavy (non-hydrogen) atoms. The molecule has 1 fully saturated rings. The van der Waals surface area contributed by atoms with Crippen molar-refractivity contribution in [1.82, 2.24) is 10.2 Å². The Hall–Kier alpha value is -2.11. The Bertz CT molecular complexity index is 822. The molecule has 0 spiro atoms. The molecule has 2 aromatic rings. The maximum atomic E-state index is 14.1. The van der Waals surface area contributed by atoms with Gasteiger partial charge >= 0.3 is 0 Å². The number of piperidine rings is 1. The van der Waals surface area contributed by atoms with Crippen molar-refractivity contribution in [2.75, 3.05) is 20.2 Å². The Labute approximate surface area is 177 Å². The molecule has 0 bridgehead atoms. The van der Waals surface area contributed by atoms with Gasteiger partial charge in [-0.1, -0.05) is 29.8 Å². The van der Waals surface area contributed by atoms with Gasteiger partial charge in [0.2, 0.25) is 5.91 Å². The van der Waals surface area contributed by atoms with E-state index in [-0.39, 0.29) is 11.7 Å². The smallest absolute Gasteiger partial charge is 0.220 e. The molecule has 0 aliphatic carbocycles. The van der Waals surface area contributed by atoms with E-state index in [1.54, 1.807) is 12.1 Å². The van der Waals surface area contributed by atoms with E-state index in [0.717, 1.165) is 37.9 Å². The second kappa shape index (κ2) is 10.6. The minimum Gasteiger partial charge on any atom is -0.497 e. The molecule has 0 unspecified atom stereocenters. The van der Waals surface area contributed by atoms with Crippen molar-refractivity contribution in [1.29, 1.82) is 0 Å². The number of amides is 1. The van der Waals surface area contributed by atoms with Crippen LogP contribution in [0, 0.1) is 11.7 Å². The van der Waals surface area contributed by atoms with Gasteiger partial charge in [0.15, 0.2) is 0 Å². The molecule has 6 heteroatoms. The Balaban J connectivity index is 1.36. The normalized spacial score (nSPS) is 15.3. The van der Waals surface area contributed by atoms with Crippen LogP contribution in [0.15, 0.2) is 42.5 Å². The topological polar surface area (TPSA) is 41.6 Å². The fourth-order valence-corrected chi connectivity index (χ4v) is 3.94. The summed E-state index contributed by atoms with van der Waals surface area (Å²) >= 11 is 5.96. The maximum Gasteiger partial charge on any atom is 0.220 e. The number of halogens is 2. The largest absolute Gasteiger partial charge is 0.497 e. The van der Waals surface area contributed by atoms with Gasteiger partial charge in [-0.05, 0) is 62.0 Å². The third kappa shape index (κ3) is 6.72. The van der Waals surface area contributed by atoms with Crippen LogP contribution in [0.4, 0.5) is 4.39 Å². The van der Waals surface area contributed by atoms with Crippen molar-refractivity contribution >= 4 is 17.5 Å². The number of methoxy groups -OCH3 is 1. The maximum absolute atomic E-state index is 14.1. The molecule has 1 amide bonds. The van der Waals surface area contributed by atoms with E-state index in [2.05, 4.69) is 10.2 Å². The van der Waals surface area contributed by atoms with E-state index < -0.39 is 0 Å². The Morgan fingerprint density at radius 3 is 2.72 bits per heavy atom. The molecular weight excluding hydrogens is 391 g/mol. The van der Waals surface area contributed by atoms with E-state index in [0.29, 0.717) is 41.8 Å². The molecule has 0 aromatic heterocycles. The number of likely N-dealkylation sites (tertiary alicyclic amines) is 1. The summed E-state index contributed by atoms with van der Waals surface area (Å²) in [6.07, 6.45) is 3.52. The van der Waals surface area contributed by atoms with Gasteiger partial charge in [-0.2, -0.15) is 0 Å². The summed E-state index contributed by atoms with van der Waals surface area (Å²) in [5.74, 6) is 0.943. The van der Waals surface area contributed by atoms with E-state index in [9.17, 15) is 9.18 Å². The summed E-state index contributed by atoms with van der Waals surface area (Å²) in [6.45, 7) is 2.98. The molecule has 1 N–H and O–H groups in total. The van der Waals surface area contributed by atoms with Crippen molar-refractivity contribution in [3.05, 3.63) is 64.4 Å². The third-order valence-electron chi connectivity index (χ3n) is 5.52. The molecule has 2 aromatic carbocycles. The zero-order valence-corrected chi connectivity index (χ0v) is 17.6. The lowest BCUT2D eigenvalue weighted by Crippen LogP contribution is -2.34. The first-order valence-corrected chi connectivity index (χ1v) is 10.5. The number of nitrogens with zero attached hydrogens (tertiary/aromatic N) is 1. The van der Waals surface area contributed by atoms with E-state index in [4.69, 9.17) is 16.3 Å². The lowest BCUT2D eigenvalue weighted by Gasteiger charge is -2.32. The summed E-state index contributed by atoms with van der Waals surface area (Å²) in [7, 11) is 1.54. The number of hydrogen-bond donors (Lipinski definition) is 1.